The predicted octanol–water partition coefficient (Wildman–Crippen LogP) is 16.9. The monoisotopic (exact) mass is 777 g/mol. The van der Waals surface area contributed by atoms with Gasteiger partial charge in [-0.1, -0.05) is 251 Å². The van der Waals surface area contributed by atoms with Gasteiger partial charge in [0.2, 0.25) is 0 Å². The van der Waals surface area contributed by atoms with E-state index in [4.69, 9.17) is 9.47 Å². The lowest BCUT2D eigenvalue weighted by molar-refractivity contribution is -0.154. The molecule has 55 heavy (non-hydrogen) atoms. The third kappa shape index (κ3) is 47.4. The Labute approximate surface area is 345 Å². The highest BCUT2D eigenvalue weighted by Crippen LogP contribution is 2.16. The summed E-state index contributed by atoms with van der Waals surface area (Å²) in [6, 6.07) is 0. The average molecular weight is 777 g/mol. The quantitative estimate of drug-likeness (QED) is 0.0380. The van der Waals surface area contributed by atoms with Crippen LogP contribution >= 0.6 is 0 Å². The summed E-state index contributed by atoms with van der Waals surface area (Å²) in [5, 5.41) is 9.64. The lowest BCUT2D eigenvalue weighted by Gasteiger charge is -2.16. The normalized spacial score (nSPS) is 12.3. The zero-order chi connectivity index (χ0) is 39.8. The molecule has 1 unspecified atom stereocenters. The molecule has 0 saturated carbocycles. The number of allylic oxidation sites excluding steroid dienone is 2. The van der Waals surface area contributed by atoms with Gasteiger partial charge in [-0.15, -0.1) is 0 Å². The van der Waals surface area contributed by atoms with Crippen LogP contribution in [0.3, 0.4) is 0 Å². The number of unbranched alkanes of at least 4 members (excludes halogenated alkanes) is 38. The van der Waals surface area contributed by atoms with Gasteiger partial charge in [-0.05, 0) is 38.5 Å². The summed E-state index contributed by atoms with van der Waals surface area (Å²) in [6.07, 6.45) is 60.2. The minimum atomic E-state index is -0.528. The molecule has 4 nitrogen and oxygen atoms in total. The molecule has 0 aromatic rings. The summed E-state index contributed by atoms with van der Waals surface area (Å²) in [4.78, 5) is 12.2. The molecule has 0 aliphatic carbocycles. The van der Waals surface area contributed by atoms with Crippen LogP contribution in [0, 0.1) is 0 Å². The number of ether oxygens (including phenoxy) is 2. The number of hydrogen-bond acceptors (Lipinski definition) is 4. The summed E-state index contributed by atoms with van der Waals surface area (Å²) < 4.78 is 11.2. The van der Waals surface area contributed by atoms with Crippen molar-refractivity contribution in [2.24, 2.45) is 0 Å². The first-order valence-electron chi connectivity index (χ1n) is 25.3. The van der Waals surface area contributed by atoms with Gasteiger partial charge in [-0.2, -0.15) is 0 Å². The molecule has 0 aromatic heterocycles. The SMILES string of the molecule is CCCCCCCCCC/C=C\CCCCCCCCCCCCCCCCOCC(CO)OC(=O)CCCCCCCCCCCCCCCCCCC. The van der Waals surface area contributed by atoms with Crippen LogP contribution < -0.4 is 0 Å². The van der Waals surface area contributed by atoms with E-state index in [1.165, 1.54) is 244 Å². The highest BCUT2D eigenvalue weighted by atomic mass is 16.6. The molecule has 0 fully saturated rings. The Kier molecular flexibility index (Phi) is 48.5. The maximum absolute atomic E-state index is 12.2. The van der Waals surface area contributed by atoms with Gasteiger partial charge in [0.15, 0.2) is 0 Å². The molecule has 0 aliphatic rings. The summed E-state index contributed by atoms with van der Waals surface area (Å²) in [7, 11) is 0. The van der Waals surface area contributed by atoms with E-state index in [1.807, 2.05) is 0 Å². The topological polar surface area (TPSA) is 55.8 Å². The molecule has 4 heteroatoms. The number of rotatable bonds is 48. The van der Waals surface area contributed by atoms with Gasteiger partial charge in [-0.25, -0.2) is 0 Å². The lowest BCUT2D eigenvalue weighted by Crippen LogP contribution is -2.27. The molecule has 0 radical (unpaired) electrons. The van der Waals surface area contributed by atoms with E-state index in [9.17, 15) is 9.90 Å². The summed E-state index contributed by atoms with van der Waals surface area (Å²) in [5.41, 5.74) is 0. The Morgan fingerprint density at radius 3 is 1.04 bits per heavy atom. The Morgan fingerprint density at radius 1 is 0.418 bits per heavy atom. The minimum absolute atomic E-state index is 0.165. The lowest BCUT2D eigenvalue weighted by atomic mass is 10.0. The maximum Gasteiger partial charge on any atom is 0.306 e. The van der Waals surface area contributed by atoms with Gasteiger partial charge in [-0.3, -0.25) is 4.79 Å². The van der Waals surface area contributed by atoms with E-state index in [1.54, 1.807) is 0 Å². The average Bonchev–Trinajstić information content (AvgIpc) is 3.19. The number of aliphatic hydroxyl groups excluding tert-OH is 1. The molecule has 0 amide bonds. The number of aliphatic hydroxyl groups is 1. The van der Waals surface area contributed by atoms with Crippen molar-refractivity contribution >= 4 is 5.97 Å². The highest BCUT2D eigenvalue weighted by molar-refractivity contribution is 5.69. The van der Waals surface area contributed by atoms with E-state index in [0.717, 1.165) is 19.3 Å². The maximum atomic E-state index is 12.2. The number of hydrogen-bond donors (Lipinski definition) is 1. The second-order valence-corrected chi connectivity index (χ2v) is 17.2. The van der Waals surface area contributed by atoms with Crippen molar-refractivity contribution in [2.75, 3.05) is 19.8 Å². The molecular formula is C51H100O4. The van der Waals surface area contributed by atoms with Crippen molar-refractivity contribution in [3.63, 3.8) is 0 Å². The van der Waals surface area contributed by atoms with Crippen LogP contribution in [0.1, 0.15) is 284 Å². The first-order chi connectivity index (χ1) is 27.2. The highest BCUT2D eigenvalue weighted by Gasteiger charge is 2.13. The van der Waals surface area contributed by atoms with E-state index < -0.39 is 6.10 Å². The largest absolute Gasteiger partial charge is 0.457 e. The molecule has 0 saturated heterocycles. The molecule has 0 rings (SSSR count). The number of carbonyl (C=O) groups excluding carboxylic acids is 1. The van der Waals surface area contributed by atoms with E-state index in [2.05, 4.69) is 26.0 Å². The molecule has 1 N–H and O–H groups in total. The Morgan fingerprint density at radius 2 is 0.709 bits per heavy atom. The fourth-order valence-electron chi connectivity index (χ4n) is 7.80. The van der Waals surface area contributed by atoms with Gasteiger partial charge < -0.3 is 14.6 Å². The standard InChI is InChI=1S/C51H100O4/c1-3-5-7-9-11-13-15-17-19-21-22-23-24-25-26-27-28-29-31-33-35-37-39-41-43-45-47-54-49-50(48-52)55-51(53)46-44-42-40-38-36-34-32-30-20-18-16-14-12-10-8-6-4-2/h21-22,50,52H,3-20,23-49H2,1-2H3/b22-21-. The predicted molar refractivity (Wildman–Crippen MR) is 242 cm³/mol. The molecule has 1 atom stereocenters. The van der Waals surface area contributed by atoms with Crippen LogP contribution in [0.2, 0.25) is 0 Å². The van der Waals surface area contributed by atoms with Crippen LogP contribution in [-0.2, 0) is 14.3 Å². The Bertz CT molecular complexity index is 736. The van der Waals surface area contributed by atoms with Crippen LogP contribution in [0.5, 0.6) is 0 Å². The van der Waals surface area contributed by atoms with Gasteiger partial charge in [0, 0.05) is 13.0 Å². The molecule has 0 aliphatic heterocycles. The van der Waals surface area contributed by atoms with Crippen LogP contribution in [0.25, 0.3) is 0 Å². The van der Waals surface area contributed by atoms with Crippen molar-refractivity contribution in [1.82, 2.24) is 0 Å². The van der Waals surface area contributed by atoms with Crippen LogP contribution in [0.15, 0.2) is 12.2 Å². The zero-order valence-electron chi connectivity index (χ0n) is 37.7. The second kappa shape index (κ2) is 49.3. The van der Waals surface area contributed by atoms with Gasteiger partial charge in [0.1, 0.15) is 6.10 Å². The van der Waals surface area contributed by atoms with Crippen molar-refractivity contribution in [1.29, 1.82) is 0 Å². The third-order valence-electron chi connectivity index (χ3n) is 11.6. The fourth-order valence-corrected chi connectivity index (χ4v) is 7.80. The van der Waals surface area contributed by atoms with Crippen molar-refractivity contribution in [3.05, 3.63) is 12.2 Å². The van der Waals surface area contributed by atoms with Gasteiger partial charge in [0.05, 0.1) is 13.2 Å². The summed E-state index contributed by atoms with van der Waals surface area (Å²) in [5.74, 6) is -0.193. The fraction of sp³-hybridized carbons (Fsp3) is 0.941. The van der Waals surface area contributed by atoms with Crippen LogP contribution in [0.4, 0.5) is 0 Å². The molecule has 0 bridgehead atoms. The van der Waals surface area contributed by atoms with E-state index in [0.29, 0.717) is 19.6 Å². The molecule has 0 spiro atoms. The minimum Gasteiger partial charge on any atom is -0.457 e. The summed E-state index contributed by atoms with van der Waals surface area (Å²) in [6.45, 7) is 5.40. The number of carbonyl (C=O) groups is 1. The van der Waals surface area contributed by atoms with Crippen molar-refractivity contribution in [3.8, 4) is 0 Å². The Balaban J connectivity index is 3.33. The van der Waals surface area contributed by atoms with E-state index in [-0.39, 0.29) is 12.6 Å². The third-order valence-corrected chi connectivity index (χ3v) is 11.6. The van der Waals surface area contributed by atoms with Gasteiger partial charge in [0.25, 0.3) is 0 Å². The second-order valence-electron chi connectivity index (χ2n) is 17.2. The number of esters is 1. The van der Waals surface area contributed by atoms with Crippen molar-refractivity contribution in [2.45, 2.75) is 290 Å². The first kappa shape index (κ1) is 54.1. The smallest absolute Gasteiger partial charge is 0.306 e. The molecule has 0 heterocycles. The summed E-state index contributed by atoms with van der Waals surface area (Å²) >= 11 is 0. The van der Waals surface area contributed by atoms with Crippen LogP contribution in [-0.4, -0.2) is 37.0 Å². The van der Waals surface area contributed by atoms with Crippen molar-refractivity contribution < 1.29 is 19.4 Å². The molecule has 0 aromatic carbocycles. The zero-order valence-corrected chi connectivity index (χ0v) is 37.7. The Hall–Kier alpha value is -0.870. The van der Waals surface area contributed by atoms with E-state index >= 15 is 0 Å². The first-order valence-corrected chi connectivity index (χ1v) is 25.3. The van der Waals surface area contributed by atoms with Gasteiger partial charge >= 0.3 is 5.97 Å². The molecule has 328 valence electrons. The molecular weight excluding hydrogens is 677 g/mol.